The SMILES string of the molecule is O=C1OCC2(CC2)N1C[C@]1(O)CC[C@]2(CCN(c3ccc(OCC(F)(F)F)cc3)C2=O)CC1. The molecule has 1 aromatic rings. The van der Waals surface area contributed by atoms with Crippen LogP contribution >= 0.6 is 0 Å². The molecule has 1 aromatic carbocycles. The van der Waals surface area contributed by atoms with Crippen LogP contribution in [0, 0.1) is 5.41 Å². The number of halogens is 3. The molecule has 0 radical (unpaired) electrons. The summed E-state index contributed by atoms with van der Waals surface area (Å²) in [5.41, 5.74) is -1.21. The molecule has 33 heavy (non-hydrogen) atoms. The standard InChI is InChI=1S/C23H27F3N2O5/c24-23(25,26)15-32-17-3-1-16(2-4-17)27-12-11-20(18(27)29)5-9-22(31,10-6-20)13-28-19(30)33-14-21(28)7-8-21/h1-4,31H,5-15H2/t20-,22+. The number of β-amino-alcohol motifs (C(OH)–C–C–N with tert-alkyl or cyclic N) is 1. The summed E-state index contributed by atoms with van der Waals surface area (Å²) in [5, 5.41) is 11.2. The van der Waals surface area contributed by atoms with E-state index in [0.717, 1.165) is 12.8 Å². The van der Waals surface area contributed by atoms with Gasteiger partial charge in [-0.2, -0.15) is 13.2 Å². The van der Waals surface area contributed by atoms with E-state index in [1.54, 1.807) is 21.9 Å². The molecule has 0 atom stereocenters. The quantitative estimate of drug-likeness (QED) is 0.714. The number of cyclic esters (lactones) is 1. The van der Waals surface area contributed by atoms with Crippen molar-refractivity contribution in [3.05, 3.63) is 24.3 Å². The van der Waals surface area contributed by atoms with Crippen molar-refractivity contribution in [1.29, 1.82) is 0 Å². The van der Waals surface area contributed by atoms with Gasteiger partial charge in [-0.25, -0.2) is 4.79 Å². The zero-order valence-corrected chi connectivity index (χ0v) is 18.2. The van der Waals surface area contributed by atoms with Crippen LogP contribution in [0.5, 0.6) is 5.75 Å². The van der Waals surface area contributed by atoms with Gasteiger partial charge >= 0.3 is 12.3 Å². The highest BCUT2D eigenvalue weighted by Crippen LogP contribution is 2.51. The monoisotopic (exact) mass is 468 g/mol. The second-order valence-electron chi connectivity index (χ2n) is 9.97. The van der Waals surface area contributed by atoms with E-state index in [1.807, 2.05) is 0 Å². The fourth-order valence-corrected chi connectivity index (χ4v) is 5.40. The fraction of sp³-hybridized carbons (Fsp3) is 0.652. The Kier molecular flexibility index (Phi) is 5.08. The Balaban J connectivity index is 1.20. The van der Waals surface area contributed by atoms with E-state index in [2.05, 4.69) is 0 Å². The Labute approximate surface area is 189 Å². The predicted octanol–water partition coefficient (Wildman–Crippen LogP) is 3.64. The van der Waals surface area contributed by atoms with Crippen molar-refractivity contribution in [3.63, 3.8) is 0 Å². The molecule has 2 saturated carbocycles. The van der Waals surface area contributed by atoms with Crippen molar-refractivity contribution >= 4 is 17.7 Å². The summed E-state index contributed by atoms with van der Waals surface area (Å²) < 4.78 is 46.9. The molecule has 4 fully saturated rings. The van der Waals surface area contributed by atoms with Crippen LogP contribution in [0.15, 0.2) is 24.3 Å². The van der Waals surface area contributed by atoms with Crippen molar-refractivity contribution in [2.45, 2.75) is 62.3 Å². The first kappa shape index (κ1) is 22.3. The summed E-state index contributed by atoms with van der Waals surface area (Å²) >= 11 is 0. The van der Waals surface area contributed by atoms with E-state index >= 15 is 0 Å². The number of anilines is 1. The minimum Gasteiger partial charge on any atom is -0.484 e. The average Bonchev–Trinajstić information content (AvgIpc) is 3.42. The summed E-state index contributed by atoms with van der Waals surface area (Å²) in [6, 6.07) is 6.05. The number of hydrogen-bond donors (Lipinski definition) is 1. The molecule has 7 nitrogen and oxygen atoms in total. The van der Waals surface area contributed by atoms with Crippen LogP contribution in [-0.2, 0) is 9.53 Å². The fourth-order valence-electron chi connectivity index (χ4n) is 5.40. The lowest BCUT2D eigenvalue weighted by molar-refractivity contribution is -0.153. The average molecular weight is 468 g/mol. The van der Waals surface area contributed by atoms with Crippen LogP contribution in [0.3, 0.4) is 0 Å². The predicted molar refractivity (Wildman–Crippen MR) is 111 cm³/mol. The molecule has 2 saturated heterocycles. The lowest BCUT2D eigenvalue weighted by Crippen LogP contribution is -2.52. The van der Waals surface area contributed by atoms with Crippen molar-refractivity contribution in [2.24, 2.45) is 5.41 Å². The van der Waals surface area contributed by atoms with E-state index in [9.17, 15) is 27.9 Å². The van der Waals surface area contributed by atoms with E-state index in [-0.39, 0.29) is 29.8 Å². The molecular weight excluding hydrogens is 441 g/mol. The van der Waals surface area contributed by atoms with Gasteiger partial charge in [0.1, 0.15) is 12.4 Å². The number of carbonyl (C=O) groups excluding carboxylic acids is 2. The Bertz CT molecular complexity index is 936. The zero-order chi connectivity index (χ0) is 23.5. The number of nitrogens with zero attached hydrogens (tertiary/aromatic N) is 2. The molecule has 0 aromatic heterocycles. The number of hydrogen-bond acceptors (Lipinski definition) is 5. The summed E-state index contributed by atoms with van der Waals surface area (Å²) in [6.07, 6.45) is -0.418. The third-order valence-electron chi connectivity index (χ3n) is 7.74. The van der Waals surface area contributed by atoms with Crippen LogP contribution in [0.2, 0.25) is 0 Å². The second-order valence-corrected chi connectivity index (χ2v) is 9.97. The van der Waals surface area contributed by atoms with Gasteiger partial charge < -0.3 is 19.5 Å². The van der Waals surface area contributed by atoms with Crippen LogP contribution in [0.1, 0.15) is 44.9 Å². The van der Waals surface area contributed by atoms with Gasteiger partial charge in [-0.3, -0.25) is 9.69 Å². The number of alkyl halides is 3. The molecule has 2 aliphatic heterocycles. The summed E-state index contributed by atoms with van der Waals surface area (Å²) in [4.78, 5) is 28.8. The van der Waals surface area contributed by atoms with Gasteiger partial charge in [-0.15, -0.1) is 0 Å². The molecule has 180 valence electrons. The number of ether oxygens (including phenoxy) is 2. The van der Waals surface area contributed by atoms with Crippen molar-refractivity contribution in [1.82, 2.24) is 4.90 Å². The molecule has 2 spiro atoms. The largest absolute Gasteiger partial charge is 0.484 e. The third-order valence-corrected chi connectivity index (χ3v) is 7.74. The molecule has 2 amide bonds. The molecule has 2 aliphatic carbocycles. The molecule has 0 unspecified atom stereocenters. The summed E-state index contributed by atoms with van der Waals surface area (Å²) in [6.45, 7) is -0.225. The lowest BCUT2D eigenvalue weighted by Gasteiger charge is -2.42. The highest BCUT2D eigenvalue weighted by atomic mass is 19.4. The Hall–Kier alpha value is -2.49. The molecule has 4 aliphatic rings. The normalized spacial score (nSPS) is 30.9. The smallest absolute Gasteiger partial charge is 0.422 e. The Morgan fingerprint density at radius 3 is 2.27 bits per heavy atom. The minimum absolute atomic E-state index is 0.0206. The number of rotatable bonds is 5. The van der Waals surface area contributed by atoms with Crippen LogP contribution in [-0.4, -0.2) is 65.6 Å². The lowest BCUT2D eigenvalue weighted by atomic mass is 9.67. The first-order valence-corrected chi connectivity index (χ1v) is 11.3. The van der Waals surface area contributed by atoms with Crippen LogP contribution < -0.4 is 9.64 Å². The van der Waals surface area contributed by atoms with Gasteiger partial charge in [0.15, 0.2) is 6.61 Å². The van der Waals surface area contributed by atoms with Gasteiger partial charge in [0, 0.05) is 12.2 Å². The van der Waals surface area contributed by atoms with E-state index in [0.29, 0.717) is 50.9 Å². The molecular formula is C23H27F3N2O5. The Morgan fingerprint density at radius 1 is 1.00 bits per heavy atom. The maximum atomic E-state index is 13.3. The molecule has 2 heterocycles. The summed E-state index contributed by atoms with van der Waals surface area (Å²) in [7, 11) is 0. The first-order valence-electron chi connectivity index (χ1n) is 11.3. The van der Waals surface area contributed by atoms with E-state index in [1.165, 1.54) is 12.1 Å². The topological polar surface area (TPSA) is 79.3 Å². The highest BCUT2D eigenvalue weighted by Gasteiger charge is 2.59. The molecule has 1 N–H and O–H groups in total. The molecule has 5 rings (SSSR count). The first-order chi connectivity index (χ1) is 15.5. The third kappa shape index (κ3) is 4.13. The minimum atomic E-state index is -4.41. The van der Waals surface area contributed by atoms with Gasteiger partial charge in [0.2, 0.25) is 5.91 Å². The maximum absolute atomic E-state index is 13.3. The molecule has 0 bridgehead atoms. The molecule has 10 heteroatoms. The van der Waals surface area contributed by atoms with Gasteiger partial charge in [0.25, 0.3) is 0 Å². The van der Waals surface area contributed by atoms with Crippen molar-refractivity contribution in [3.8, 4) is 5.75 Å². The number of carbonyl (C=O) groups is 2. The summed E-state index contributed by atoms with van der Waals surface area (Å²) in [5.74, 6) is 0.0711. The van der Waals surface area contributed by atoms with E-state index in [4.69, 9.17) is 9.47 Å². The van der Waals surface area contributed by atoms with Crippen molar-refractivity contribution in [2.75, 3.05) is 31.2 Å². The number of benzene rings is 1. The van der Waals surface area contributed by atoms with Gasteiger partial charge in [-0.1, -0.05) is 0 Å². The number of aliphatic hydroxyl groups is 1. The van der Waals surface area contributed by atoms with Crippen LogP contribution in [0.4, 0.5) is 23.7 Å². The zero-order valence-electron chi connectivity index (χ0n) is 18.2. The van der Waals surface area contributed by atoms with Gasteiger partial charge in [0.05, 0.1) is 23.1 Å². The van der Waals surface area contributed by atoms with E-state index < -0.39 is 23.8 Å². The van der Waals surface area contributed by atoms with Crippen molar-refractivity contribution < 1.29 is 37.3 Å². The highest BCUT2D eigenvalue weighted by molar-refractivity contribution is 6.00. The number of amides is 2. The van der Waals surface area contributed by atoms with Gasteiger partial charge in [-0.05, 0) is 69.2 Å². The second kappa shape index (κ2) is 7.51. The Morgan fingerprint density at radius 2 is 1.67 bits per heavy atom. The maximum Gasteiger partial charge on any atom is 0.422 e. The van der Waals surface area contributed by atoms with Crippen LogP contribution in [0.25, 0.3) is 0 Å².